The number of aromatic nitrogens is 5. The van der Waals surface area contributed by atoms with Gasteiger partial charge in [0.15, 0.2) is 5.82 Å². The lowest BCUT2D eigenvalue weighted by Gasteiger charge is -2.21. The molecule has 1 aliphatic rings. The Bertz CT molecular complexity index is 1740. The number of halogens is 4. The molecule has 2 atom stereocenters. The molecular formula is C30H29ClF3N7O2. The second kappa shape index (κ2) is 11.8. The Labute approximate surface area is 251 Å². The molecule has 1 unspecified atom stereocenters. The van der Waals surface area contributed by atoms with Crippen LogP contribution >= 0.6 is 11.6 Å². The zero-order chi connectivity index (χ0) is 31.2. The van der Waals surface area contributed by atoms with Gasteiger partial charge in [-0.3, -0.25) is 24.2 Å². The first kappa shape index (κ1) is 30.1. The Kier molecular flexibility index (Phi) is 8.24. The van der Waals surface area contributed by atoms with E-state index in [1.54, 1.807) is 32.6 Å². The van der Waals surface area contributed by atoms with Crippen LogP contribution in [0.2, 0.25) is 5.02 Å². The van der Waals surface area contributed by atoms with Crippen molar-refractivity contribution in [3.8, 4) is 11.3 Å². The molecule has 1 N–H and O–H groups in total. The fourth-order valence-corrected chi connectivity index (χ4v) is 5.32. The van der Waals surface area contributed by atoms with E-state index in [9.17, 15) is 18.4 Å². The van der Waals surface area contributed by atoms with Crippen LogP contribution in [0.1, 0.15) is 71.3 Å². The Hall–Kier alpha value is -4.32. The third kappa shape index (κ3) is 5.58. The number of nitrogens with one attached hydrogen (secondary N) is 1. The minimum Gasteiger partial charge on any atom is -0.318 e. The number of amides is 2. The Morgan fingerprint density at radius 2 is 1.86 bits per heavy atom. The largest absolute Gasteiger partial charge is 0.318 e. The van der Waals surface area contributed by atoms with E-state index in [1.165, 1.54) is 41.6 Å². The summed E-state index contributed by atoms with van der Waals surface area (Å²) in [5.41, 5.74) is 1.73. The minimum absolute atomic E-state index is 0.0554. The zero-order valence-corrected chi connectivity index (χ0v) is 24.9. The van der Waals surface area contributed by atoms with Crippen LogP contribution in [0.15, 0.2) is 36.9 Å². The van der Waals surface area contributed by atoms with Crippen molar-refractivity contribution in [3.05, 3.63) is 81.5 Å². The number of pyridine rings is 1. The topological polar surface area (TPSA) is 106 Å². The molecule has 1 saturated heterocycles. The van der Waals surface area contributed by atoms with E-state index in [-0.39, 0.29) is 50.8 Å². The lowest BCUT2D eigenvalue weighted by atomic mass is 9.99. The van der Waals surface area contributed by atoms with Gasteiger partial charge in [0.1, 0.15) is 11.4 Å². The highest BCUT2D eigenvalue weighted by molar-refractivity contribution is 6.31. The Morgan fingerprint density at radius 1 is 1.12 bits per heavy atom. The fraction of sp³-hybridized carbons (Fsp3) is 0.333. The summed E-state index contributed by atoms with van der Waals surface area (Å²) in [5.74, 6) is -1.35. The van der Waals surface area contributed by atoms with Gasteiger partial charge >= 0.3 is 0 Å². The summed E-state index contributed by atoms with van der Waals surface area (Å²) in [7, 11) is 0. The smallest absolute Gasteiger partial charge is 0.276 e. The highest BCUT2D eigenvalue weighted by Crippen LogP contribution is 2.36. The fourth-order valence-electron chi connectivity index (χ4n) is 5.16. The average Bonchev–Trinajstić information content (AvgIpc) is 3.57. The number of alkyl halides is 2. The summed E-state index contributed by atoms with van der Waals surface area (Å²) in [6.45, 7) is 8.85. The first-order valence-corrected chi connectivity index (χ1v) is 14.0. The molecule has 3 aromatic heterocycles. The second-order valence-corrected chi connectivity index (χ2v) is 11.0. The lowest BCUT2D eigenvalue weighted by molar-refractivity contribution is -0.119. The maximum atomic E-state index is 15.5. The molecule has 1 aromatic carbocycles. The van der Waals surface area contributed by atoms with E-state index >= 15 is 4.39 Å². The molecule has 0 saturated carbocycles. The van der Waals surface area contributed by atoms with Gasteiger partial charge in [-0.05, 0) is 45.7 Å². The van der Waals surface area contributed by atoms with Gasteiger partial charge in [0.05, 0.1) is 47.4 Å². The number of rotatable bonds is 7. The maximum absolute atomic E-state index is 15.5. The van der Waals surface area contributed by atoms with Crippen molar-refractivity contribution in [2.24, 2.45) is 5.92 Å². The summed E-state index contributed by atoms with van der Waals surface area (Å²) >= 11 is 6.19. The van der Waals surface area contributed by atoms with Crippen LogP contribution in [0.3, 0.4) is 0 Å². The monoisotopic (exact) mass is 611 g/mol. The van der Waals surface area contributed by atoms with Gasteiger partial charge in [-0.15, -0.1) is 0 Å². The molecule has 0 spiro atoms. The summed E-state index contributed by atoms with van der Waals surface area (Å²) < 4.78 is 44.5. The van der Waals surface area contributed by atoms with Gasteiger partial charge in [0, 0.05) is 40.4 Å². The lowest BCUT2D eigenvalue weighted by Crippen LogP contribution is -2.27. The summed E-state index contributed by atoms with van der Waals surface area (Å²) in [6.07, 6.45) is 3.64. The summed E-state index contributed by atoms with van der Waals surface area (Å²) in [5, 5.41) is 7.24. The number of aryl methyl sites for hydroxylation is 1. The second-order valence-electron chi connectivity index (χ2n) is 10.6. The molecule has 0 aliphatic carbocycles. The van der Waals surface area contributed by atoms with Crippen LogP contribution in [0.4, 0.5) is 24.5 Å². The van der Waals surface area contributed by atoms with Crippen molar-refractivity contribution in [1.29, 1.82) is 0 Å². The van der Waals surface area contributed by atoms with Crippen molar-refractivity contribution in [2.45, 2.75) is 53.5 Å². The Morgan fingerprint density at radius 3 is 2.53 bits per heavy atom. The van der Waals surface area contributed by atoms with Gasteiger partial charge in [-0.25, -0.2) is 18.2 Å². The zero-order valence-electron chi connectivity index (χ0n) is 24.1. The van der Waals surface area contributed by atoms with Gasteiger partial charge in [-0.1, -0.05) is 24.6 Å². The number of benzene rings is 1. The van der Waals surface area contributed by atoms with E-state index < -0.39 is 24.2 Å². The molecule has 4 aromatic rings. The minimum atomic E-state index is -2.79. The van der Waals surface area contributed by atoms with Crippen molar-refractivity contribution >= 4 is 34.8 Å². The number of anilines is 2. The first-order chi connectivity index (χ1) is 20.4. The number of carbonyl (C=O) groups excluding carboxylic acids is 2. The predicted octanol–water partition coefficient (Wildman–Crippen LogP) is 6.62. The molecule has 1 aliphatic heterocycles. The molecule has 5 rings (SSSR count). The van der Waals surface area contributed by atoms with E-state index in [0.717, 1.165) is 0 Å². The Balaban J connectivity index is 1.38. The van der Waals surface area contributed by atoms with E-state index in [4.69, 9.17) is 11.6 Å². The van der Waals surface area contributed by atoms with Gasteiger partial charge in [0.2, 0.25) is 5.91 Å². The molecule has 13 heteroatoms. The van der Waals surface area contributed by atoms with Crippen LogP contribution in [-0.2, 0) is 4.79 Å². The van der Waals surface area contributed by atoms with Gasteiger partial charge in [0.25, 0.3) is 12.3 Å². The van der Waals surface area contributed by atoms with Gasteiger partial charge < -0.3 is 10.2 Å². The molecule has 4 heterocycles. The summed E-state index contributed by atoms with van der Waals surface area (Å²) in [4.78, 5) is 40.2. The highest BCUT2D eigenvalue weighted by atomic mass is 35.5. The number of nitrogens with zero attached hydrogens (tertiary/aromatic N) is 6. The van der Waals surface area contributed by atoms with Crippen molar-refractivity contribution in [1.82, 2.24) is 24.7 Å². The van der Waals surface area contributed by atoms with E-state index in [2.05, 4.69) is 25.4 Å². The van der Waals surface area contributed by atoms with Crippen molar-refractivity contribution < 1.29 is 22.8 Å². The first-order valence-electron chi connectivity index (χ1n) is 13.6. The molecule has 0 bridgehead atoms. The third-order valence-electron chi connectivity index (χ3n) is 7.77. The van der Waals surface area contributed by atoms with Crippen LogP contribution in [-0.4, -0.2) is 43.1 Å². The third-order valence-corrected chi connectivity index (χ3v) is 8.18. The molecule has 2 amide bonds. The highest BCUT2D eigenvalue weighted by Gasteiger charge is 2.32. The van der Waals surface area contributed by atoms with Crippen LogP contribution in [0.25, 0.3) is 11.3 Å². The molecule has 224 valence electrons. The van der Waals surface area contributed by atoms with Crippen molar-refractivity contribution in [2.75, 3.05) is 16.8 Å². The maximum Gasteiger partial charge on any atom is 0.276 e. The van der Waals surface area contributed by atoms with E-state index in [0.29, 0.717) is 35.5 Å². The van der Waals surface area contributed by atoms with Crippen LogP contribution in [0.5, 0.6) is 0 Å². The number of hydrogen-bond acceptors (Lipinski definition) is 6. The molecule has 43 heavy (non-hydrogen) atoms. The van der Waals surface area contributed by atoms with Crippen LogP contribution < -0.4 is 10.2 Å². The summed E-state index contributed by atoms with van der Waals surface area (Å²) in [6, 6.07) is 1.97. The van der Waals surface area contributed by atoms with Gasteiger partial charge in [-0.2, -0.15) is 5.10 Å². The quantitative estimate of drug-likeness (QED) is 0.252. The van der Waals surface area contributed by atoms with Crippen LogP contribution in [0, 0.1) is 32.5 Å². The van der Waals surface area contributed by atoms with Crippen molar-refractivity contribution in [3.63, 3.8) is 0 Å². The van der Waals surface area contributed by atoms with E-state index in [1.807, 2.05) is 6.92 Å². The molecule has 9 nitrogen and oxygen atoms in total. The molecular weight excluding hydrogens is 583 g/mol. The predicted molar refractivity (Wildman–Crippen MR) is 156 cm³/mol. The molecule has 0 radical (unpaired) electrons. The molecule has 1 fully saturated rings. The standard InChI is InChI=1S/C30H29ClF3N7O2/c1-14-8-9-40(30(14)43)23-12-36-27(25(32)16(23)3)18(5)41-13-19(10-37-41)38-29(42)26-17(4)35-11-22(39-26)24-15(2)21(31)7-6-20(24)28(33)34/h6-7,10-14,18,28H,8-9H2,1-5H3,(H,38,42)/t14-,18?/m0/s1. The number of carbonyl (C=O) groups is 2. The SMILES string of the molecule is Cc1ncc(-c2c(C(F)F)ccc(Cl)c2C)nc1C(=O)Nc1cnn(C(C)c2ncc(N3CC[C@H](C)C3=O)c(C)c2F)c1. The number of hydrogen-bond donors (Lipinski definition) is 1. The average molecular weight is 612 g/mol. The normalized spacial score (nSPS) is 15.8.